The summed E-state index contributed by atoms with van der Waals surface area (Å²) < 4.78 is 9.15. The molecule has 9 heteroatoms. The van der Waals surface area contributed by atoms with Crippen molar-refractivity contribution >= 4 is 27.6 Å². The fourth-order valence-corrected chi connectivity index (χ4v) is 4.60. The molecule has 6 rings (SSSR count). The maximum atomic E-state index is 13.6. The van der Waals surface area contributed by atoms with Crippen LogP contribution >= 0.6 is 0 Å². The third kappa shape index (κ3) is 4.26. The molecule has 0 radical (unpaired) electrons. The van der Waals surface area contributed by atoms with Crippen molar-refractivity contribution in [2.45, 2.75) is 13.0 Å². The first-order valence-electron chi connectivity index (χ1n) is 11.9. The van der Waals surface area contributed by atoms with Gasteiger partial charge >= 0.3 is 0 Å². The Bertz CT molecular complexity index is 1510. The number of benzene rings is 2. The van der Waals surface area contributed by atoms with Crippen LogP contribution in [0.4, 0.5) is 5.69 Å². The molecule has 178 valence electrons. The number of nitrogens with one attached hydrogen (secondary N) is 2. The van der Waals surface area contributed by atoms with E-state index >= 15 is 0 Å². The Morgan fingerprint density at radius 1 is 1.09 bits per heavy atom. The number of anilines is 1. The molecule has 1 fully saturated rings. The molecule has 0 bridgehead atoms. The lowest BCUT2D eigenvalue weighted by molar-refractivity contribution is 0.122. The molecular weight excluding hydrogens is 442 g/mol. The van der Waals surface area contributed by atoms with Crippen molar-refractivity contribution < 1.29 is 4.74 Å². The van der Waals surface area contributed by atoms with Crippen molar-refractivity contribution in [3.05, 3.63) is 77.6 Å². The quantitative estimate of drug-likeness (QED) is 0.356. The van der Waals surface area contributed by atoms with Gasteiger partial charge in [0.2, 0.25) is 0 Å². The molecule has 0 saturated carbocycles. The summed E-state index contributed by atoms with van der Waals surface area (Å²) >= 11 is 0. The van der Waals surface area contributed by atoms with Gasteiger partial charge in [-0.15, -0.1) is 0 Å². The second-order valence-electron chi connectivity index (χ2n) is 8.71. The van der Waals surface area contributed by atoms with Gasteiger partial charge in [0.25, 0.3) is 5.56 Å². The number of rotatable bonds is 7. The lowest BCUT2D eigenvalue weighted by atomic mass is 10.1. The molecule has 2 aromatic carbocycles. The van der Waals surface area contributed by atoms with Crippen molar-refractivity contribution in [2.24, 2.45) is 0 Å². The average Bonchev–Trinajstić information content (AvgIpc) is 3.57. The van der Waals surface area contributed by atoms with E-state index in [2.05, 4.69) is 32.4 Å². The number of aromatic amines is 1. The number of morpholine rings is 1. The number of imidazole rings is 2. The van der Waals surface area contributed by atoms with Crippen molar-refractivity contribution in [3.63, 3.8) is 0 Å². The second kappa shape index (κ2) is 9.27. The molecule has 1 aliphatic heterocycles. The fraction of sp³-hybridized carbons (Fsp3) is 0.269. The number of ether oxygens (including phenoxy) is 1. The lowest BCUT2D eigenvalue weighted by Gasteiger charge is -2.28. The summed E-state index contributed by atoms with van der Waals surface area (Å²) in [5, 5.41) is 0.971. The van der Waals surface area contributed by atoms with Crippen LogP contribution in [0.1, 0.15) is 6.42 Å². The van der Waals surface area contributed by atoms with Gasteiger partial charge in [-0.1, -0.05) is 18.2 Å². The lowest BCUT2D eigenvalue weighted by Crippen LogP contribution is -2.36. The third-order valence-corrected chi connectivity index (χ3v) is 6.43. The van der Waals surface area contributed by atoms with Crippen molar-refractivity contribution in [3.8, 4) is 11.4 Å². The van der Waals surface area contributed by atoms with Crippen molar-refractivity contribution in [1.82, 2.24) is 24.2 Å². The van der Waals surface area contributed by atoms with Crippen LogP contribution in [-0.2, 0) is 11.3 Å². The molecule has 1 saturated heterocycles. The first kappa shape index (κ1) is 21.4. The van der Waals surface area contributed by atoms with E-state index in [0.717, 1.165) is 66.9 Å². The van der Waals surface area contributed by atoms with Crippen molar-refractivity contribution in [1.29, 1.82) is 0 Å². The normalized spacial score (nSPS) is 14.1. The van der Waals surface area contributed by atoms with Crippen molar-refractivity contribution in [2.75, 3.05) is 43.2 Å². The highest BCUT2D eigenvalue weighted by Crippen LogP contribution is 2.25. The maximum absolute atomic E-state index is 13.6. The van der Waals surface area contributed by atoms with Gasteiger partial charge in [-0.05, 0) is 36.8 Å². The molecule has 0 amide bonds. The Labute approximate surface area is 202 Å². The van der Waals surface area contributed by atoms with E-state index in [1.807, 2.05) is 47.2 Å². The van der Waals surface area contributed by atoms with Crippen LogP contribution in [0.2, 0.25) is 0 Å². The van der Waals surface area contributed by atoms with Crippen LogP contribution in [-0.4, -0.2) is 57.0 Å². The number of H-pyrrole nitrogens is 1. The van der Waals surface area contributed by atoms with Gasteiger partial charge in [0, 0.05) is 49.6 Å². The summed E-state index contributed by atoms with van der Waals surface area (Å²) in [6.45, 7) is 4.68. The zero-order valence-electron chi connectivity index (χ0n) is 19.4. The minimum atomic E-state index is -0.126. The second-order valence-corrected chi connectivity index (χ2v) is 8.71. The van der Waals surface area contributed by atoms with E-state index in [9.17, 15) is 4.79 Å². The zero-order valence-corrected chi connectivity index (χ0v) is 19.4. The Hall–Kier alpha value is -4.11. The summed E-state index contributed by atoms with van der Waals surface area (Å²) in [5.41, 5.74) is 7.46. The number of hydrogen-bond acceptors (Lipinski definition) is 6. The summed E-state index contributed by atoms with van der Waals surface area (Å²) in [6, 6.07) is 16.0. The minimum Gasteiger partial charge on any atom is -0.378 e. The Kier molecular flexibility index (Phi) is 5.67. The SMILES string of the molecule is O=c1c(-c2nc3ccc(N4CCOCC4)cc3[nH]2)cc2ccccc2n1NCCCn1ccnc1. The molecule has 3 aromatic heterocycles. The summed E-state index contributed by atoms with van der Waals surface area (Å²) in [7, 11) is 0. The standard InChI is InChI=1S/C26H27N7O2/c34-26-21(25-29-22-7-6-20(17-23(22)30-25)32-12-14-35-15-13-32)16-19-4-1-2-5-24(19)33(26)28-8-3-10-31-11-9-27-18-31/h1-2,4-7,9,11,16-18,28H,3,8,10,12-15H2,(H,29,30). The van der Waals surface area contributed by atoms with Crippen LogP contribution in [0.3, 0.4) is 0 Å². The molecule has 5 aromatic rings. The van der Waals surface area contributed by atoms with E-state index < -0.39 is 0 Å². The fourth-order valence-electron chi connectivity index (χ4n) is 4.60. The van der Waals surface area contributed by atoms with Gasteiger partial charge in [0.1, 0.15) is 5.82 Å². The predicted octanol–water partition coefficient (Wildman–Crippen LogP) is 3.21. The van der Waals surface area contributed by atoms with Crippen LogP contribution in [0.25, 0.3) is 33.3 Å². The zero-order chi connectivity index (χ0) is 23.6. The molecule has 35 heavy (non-hydrogen) atoms. The van der Waals surface area contributed by atoms with E-state index in [0.29, 0.717) is 17.9 Å². The van der Waals surface area contributed by atoms with Crippen LogP contribution in [0.5, 0.6) is 0 Å². The highest BCUT2D eigenvalue weighted by atomic mass is 16.5. The monoisotopic (exact) mass is 469 g/mol. The molecule has 0 unspecified atom stereocenters. The molecule has 0 atom stereocenters. The molecule has 0 aliphatic carbocycles. The average molecular weight is 470 g/mol. The van der Waals surface area contributed by atoms with Gasteiger partial charge in [-0.2, -0.15) is 0 Å². The topological polar surface area (TPSA) is 93.0 Å². The van der Waals surface area contributed by atoms with E-state index in [4.69, 9.17) is 9.72 Å². The van der Waals surface area contributed by atoms with Gasteiger partial charge in [0.15, 0.2) is 0 Å². The molecular formula is C26H27N7O2. The maximum Gasteiger partial charge on any atom is 0.280 e. The molecule has 2 N–H and O–H groups in total. The number of pyridine rings is 1. The molecule has 4 heterocycles. The van der Waals surface area contributed by atoms with Gasteiger partial charge < -0.3 is 24.6 Å². The van der Waals surface area contributed by atoms with E-state index in [1.165, 1.54) is 0 Å². The third-order valence-electron chi connectivity index (χ3n) is 6.43. The highest BCUT2D eigenvalue weighted by molar-refractivity contribution is 5.86. The number of fused-ring (bicyclic) bond motifs is 2. The number of aromatic nitrogens is 5. The Morgan fingerprint density at radius 3 is 2.83 bits per heavy atom. The van der Waals surface area contributed by atoms with Crippen LogP contribution < -0.4 is 15.9 Å². The molecule has 0 spiro atoms. The Balaban J connectivity index is 1.33. The highest BCUT2D eigenvalue weighted by Gasteiger charge is 2.16. The predicted molar refractivity (Wildman–Crippen MR) is 137 cm³/mol. The van der Waals surface area contributed by atoms with E-state index in [-0.39, 0.29) is 5.56 Å². The van der Waals surface area contributed by atoms with Gasteiger partial charge in [-0.25, -0.2) is 14.6 Å². The molecule has 1 aliphatic rings. The number of nitrogens with zero attached hydrogens (tertiary/aromatic N) is 5. The van der Waals surface area contributed by atoms with Gasteiger partial charge in [-0.3, -0.25) is 4.79 Å². The van der Waals surface area contributed by atoms with Gasteiger partial charge in [0.05, 0.1) is 41.7 Å². The number of para-hydroxylation sites is 1. The largest absolute Gasteiger partial charge is 0.378 e. The van der Waals surface area contributed by atoms with Crippen LogP contribution in [0, 0.1) is 0 Å². The smallest absolute Gasteiger partial charge is 0.280 e. The summed E-state index contributed by atoms with van der Waals surface area (Å²) in [5.74, 6) is 0.573. The Morgan fingerprint density at radius 2 is 1.97 bits per heavy atom. The summed E-state index contributed by atoms with van der Waals surface area (Å²) in [4.78, 5) is 28.1. The first-order chi connectivity index (χ1) is 17.3. The minimum absolute atomic E-state index is 0.126. The number of aryl methyl sites for hydroxylation is 1. The summed E-state index contributed by atoms with van der Waals surface area (Å²) in [6.07, 6.45) is 6.37. The van der Waals surface area contributed by atoms with Crippen LogP contribution in [0.15, 0.2) is 72.0 Å². The molecule has 9 nitrogen and oxygen atoms in total. The number of hydrogen-bond donors (Lipinski definition) is 2. The van der Waals surface area contributed by atoms with E-state index in [1.54, 1.807) is 17.2 Å². The first-order valence-corrected chi connectivity index (χ1v) is 11.9.